The lowest BCUT2D eigenvalue weighted by atomic mass is 9.83. The number of carbonyl (C=O) groups excluding carboxylic acids is 1. The number of aromatic amines is 1. The first-order chi connectivity index (χ1) is 12.2. The molecule has 0 radical (unpaired) electrons. The van der Waals surface area contributed by atoms with Crippen LogP contribution in [0.25, 0.3) is 17.1 Å². The molecule has 0 atom stereocenters. The standard InChI is InChI=1S/C18H19N3O4/c1-24-18(23)12-10-14-19-16(13-8-5-9-25-13)15(17(22)21(14)20-12)11-6-3-2-4-7-11/h5,8-11,20H,2-4,6-7H2,1H3. The van der Waals surface area contributed by atoms with E-state index >= 15 is 0 Å². The maximum Gasteiger partial charge on any atom is 0.356 e. The average molecular weight is 341 g/mol. The fraction of sp³-hybridized carbons (Fsp3) is 0.389. The molecule has 0 bridgehead atoms. The van der Waals surface area contributed by atoms with Gasteiger partial charge in [0.15, 0.2) is 11.4 Å². The molecule has 1 aliphatic carbocycles. The molecule has 7 heteroatoms. The number of nitrogens with zero attached hydrogens (tertiary/aromatic N) is 2. The summed E-state index contributed by atoms with van der Waals surface area (Å²) < 4.78 is 11.6. The van der Waals surface area contributed by atoms with Gasteiger partial charge >= 0.3 is 5.97 Å². The minimum absolute atomic E-state index is 0.149. The second kappa shape index (κ2) is 6.23. The molecule has 1 aliphatic rings. The molecule has 0 saturated heterocycles. The summed E-state index contributed by atoms with van der Waals surface area (Å²) in [7, 11) is 1.30. The van der Waals surface area contributed by atoms with E-state index in [1.165, 1.54) is 24.1 Å². The first kappa shape index (κ1) is 15.7. The Balaban J connectivity index is 1.96. The molecule has 130 valence electrons. The van der Waals surface area contributed by atoms with Crippen LogP contribution in [0, 0.1) is 0 Å². The predicted molar refractivity (Wildman–Crippen MR) is 90.7 cm³/mol. The van der Waals surface area contributed by atoms with Crippen LogP contribution in [0.3, 0.4) is 0 Å². The minimum atomic E-state index is -0.538. The van der Waals surface area contributed by atoms with Gasteiger partial charge in [0, 0.05) is 6.07 Å². The van der Waals surface area contributed by atoms with Crippen molar-refractivity contribution in [1.82, 2.24) is 14.6 Å². The summed E-state index contributed by atoms with van der Waals surface area (Å²) in [6.45, 7) is 0. The maximum absolute atomic E-state index is 13.2. The summed E-state index contributed by atoms with van der Waals surface area (Å²) in [6, 6.07) is 5.10. The van der Waals surface area contributed by atoms with Gasteiger partial charge in [0.25, 0.3) is 5.56 Å². The van der Waals surface area contributed by atoms with Crippen molar-refractivity contribution in [2.45, 2.75) is 38.0 Å². The summed E-state index contributed by atoms with van der Waals surface area (Å²) in [5.74, 6) is 0.181. The lowest BCUT2D eigenvalue weighted by Gasteiger charge is -2.22. The second-order valence-electron chi connectivity index (χ2n) is 6.35. The van der Waals surface area contributed by atoms with Crippen LogP contribution in [0.2, 0.25) is 0 Å². The molecule has 3 heterocycles. The van der Waals surface area contributed by atoms with Crippen molar-refractivity contribution in [1.29, 1.82) is 0 Å². The third-order valence-corrected chi connectivity index (χ3v) is 4.82. The Labute approximate surface area is 143 Å². The van der Waals surface area contributed by atoms with E-state index in [9.17, 15) is 9.59 Å². The van der Waals surface area contributed by atoms with E-state index in [1.807, 2.05) is 0 Å². The van der Waals surface area contributed by atoms with Gasteiger partial charge in [-0.1, -0.05) is 19.3 Å². The zero-order valence-corrected chi connectivity index (χ0v) is 13.9. The largest absolute Gasteiger partial charge is 0.464 e. The smallest absolute Gasteiger partial charge is 0.356 e. The van der Waals surface area contributed by atoms with Gasteiger partial charge in [-0.25, -0.2) is 14.3 Å². The maximum atomic E-state index is 13.2. The Bertz CT molecular complexity index is 962. The third-order valence-electron chi connectivity index (χ3n) is 4.82. The number of aromatic nitrogens is 3. The van der Waals surface area contributed by atoms with E-state index in [4.69, 9.17) is 9.15 Å². The Morgan fingerprint density at radius 3 is 2.84 bits per heavy atom. The summed E-state index contributed by atoms with van der Waals surface area (Å²) in [5.41, 5.74) is 1.61. The number of methoxy groups -OCH3 is 1. The fourth-order valence-electron chi connectivity index (χ4n) is 3.61. The number of fused-ring (bicyclic) bond motifs is 1. The molecule has 0 spiro atoms. The number of rotatable bonds is 3. The summed E-state index contributed by atoms with van der Waals surface area (Å²) in [4.78, 5) is 29.6. The van der Waals surface area contributed by atoms with Gasteiger partial charge in [0.05, 0.1) is 18.9 Å². The number of ether oxygens (including phenoxy) is 1. The van der Waals surface area contributed by atoms with Crippen molar-refractivity contribution in [3.63, 3.8) is 0 Å². The highest BCUT2D eigenvalue weighted by Gasteiger charge is 2.27. The van der Waals surface area contributed by atoms with Crippen LogP contribution >= 0.6 is 0 Å². The minimum Gasteiger partial charge on any atom is -0.464 e. The van der Waals surface area contributed by atoms with Crippen LogP contribution in [-0.4, -0.2) is 27.7 Å². The molecule has 3 aromatic rings. The first-order valence-corrected chi connectivity index (χ1v) is 8.47. The predicted octanol–water partition coefficient (Wildman–Crippen LogP) is 3.12. The van der Waals surface area contributed by atoms with Crippen molar-refractivity contribution in [3.8, 4) is 11.5 Å². The molecule has 25 heavy (non-hydrogen) atoms. The van der Waals surface area contributed by atoms with Crippen LogP contribution in [0.5, 0.6) is 0 Å². The van der Waals surface area contributed by atoms with E-state index < -0.39 is 5.97 Å². The van der Waals surface area contributed by atoms with Gasteiger partial charge in [-0.15, -0.1) is 0 Å². The first-order valence-electron chi connectivity index (χ1n) is 8.47. The third kappa shape index (κ3) is 2.65. The summed E-state index contributed by atoms with van der Waals surface area (Å²) in [6.07, 6.45) is 6.88. The highest BCUT2D eigenvalue weighted by Crippen LogP contribution is 2.35. The lowest BCUT2D eigenvalue weighted by molar-refractivity contribution is 0.0593. The Kier molecular flexibility index (Phi) is 3.91. The SMILES string of the molecule is COC(=O)c1cc2nc(-c3ccco3)c(C3CCCCC3)c(=O)n2[nH]1. The number of nitrogens with one attached hydrogen (secondary N) is 1. The zero-order valence-electron chi connectivity index (χ0n) is 13.9. The van der Waals surface area contributed by atoms with Gasteiger partial charge in [0.1, 0.15) is 11.4 Å². The van der Waals surface area contributed by atoms with Crippen molar-refractivity contribution in [2.75, 3.05) is 7.11 Å². The topological polar surface area (TPSA) is 89.6 Å². The van der Waals surface area contributed by atoms with Gasteiger partial charge < -0.3 is 9.15 Å². The molecule has 1 N–H and O–H groups in total. The van der Waals surface area contributed by atoms with Gasteiger partial charge in [-0.3, -0.25) is 9.89 Å². The van der Waals surface area contributed by atoms with Gasteiger partial charge in [-0.05, 0) is 30.9 Å². The van der Waals surface area contributed by atoms with E-state index in [0.717, 1.165) is 25.7 Å². The van der Waals surface area contributed by atoms with Crippen molar-refractivity contribution in [3.05, 3.63) is 46.1 Å². The highest BCUT2D eigenvalue weighted by molar-refractivity contribution is 5.88. The average Bonchev–Trinajstić information content (AvgIpc) is 3.31. The molecule has 1 saturated carbocycles. The highest BCUT2D eigenvalue weighted by atomic mass is 16.5. The van der Waals surface area contributed by atoms with Crippen molar-refractivity contribution < 1.29 is 13.9 Å². The molecular weight excluding hydrogens is 322 g/mol. The normalized spacial score (nSPS) is 15.6. The number of esters is 1. The van der Waals surface area contributed by atoms with Crippen molar-refractivity contribution >= 4 is 11.6 Å². The van der Waals surface area contributed by atoms with Crippen LogP contribution in [0.4, 0.5) is 0 Å². The van der Waals surface area contributed by atoms with E-state index in [1.54, 1.807) is 18.4 Å². The fourth-order valence-corrected chi connectivity index (χ4v) is 3.61. The molecule has 1 fully saturated rings. The molecular formula is C18H19N3O4. The number of hydrogen-bond acceptors (Lipinski definition) is 5. The Morgan fingerprint density at radius 1 is 1.36 bits per heavy atom. The van der Waals surface area contributed by atoms with Crippen LogP contribution in [-0.2, 0) is 4.74 Å². The van der Waals surface area contributed by atoms with E-state index in [-0.39, 0.29) is 17.2 Å². The van der Waals surface area contributed by atoms with Crippen LogP contribution < -0.4 is 5.56 Å². The van der Waals surface area contributed by atoms with Gasteiger partial charge in [0.2, 0.25) is 0 Å². The monoisotopic (exact) mass is 341 g/mol. The van der Waals surface area contributed by atoms with E-state index in [0.29, 0.717) is 22.7 Å². The molecule has 3 aromatic heterocycles. The van der Waals surface area contributed by atoms with Gasteiger partial charge in [-0.2, -0.15) is 0 Å². The number of furan rings is 1. The second-order valence-corrected chi connectivity index (χ2v) is 6.35. The quantitative estimate of drug-likeness (QED) is 0.739. The molecule has 0 aromatic carbocycles. The zero-order chi connectivity index (χ0) is 17.4. The summed E-state index contributed by atoms with van der Waals surface area (Å²) >= 11 is 0. The molecule has 7 nitrogen and oxygen atoms in total. The molecule has 0 amide bonds. The van der Waals surface area contributed by atoms with E-state index in [2.05, 4.69) is 10.1 Å². The number of H-pyrrole nitrogens is 1. The Hall–Kier alpha value is -2.83. The lowest BCUT2D eigenvalue weighted by Crippen LogP contribution is -2.25. The van der Waals surface area contributed by atoms with Crippen LogP contribution in [0.15, 0.2) is 33.7 Å². The number of carbonyl (C=O) groups is 1. The molecule has 0 aliphatic heterocycles. The van der Waals surface area contributed by atoms with Crippen LogP contribution in [0.1, 0.15) is 54.1 Å². The summed E-state index contributed by atoms with van der Waals surface area (Å²) in [5, 5.41) is 2.80. The Morgan fingerprint density at radius 2 is 2.16 bits per heavy atom. The number of hydrogen-bond donors (Lipinski definition) is 1. The molecule has 0 unspecified atom stereocenters. The van der Waals surface area contributed by atoms with Crippen molar-refractivity contribution in [2.24, 2.45) is 0 Å². The molecule has 4 rings (SSSR count).